The van der Waals surface area contributed by atoms with E-state index in [1.807, 2.05) is 23.6 Å². The number of amides is 1. The van der Waals surface area contributed by atoms with Gasteiger partial charge in [-0.3, -0.25) is 14.0 Å². The second-order valence-corrected chi connectivity index (χ2v) is 7.34. The van der Waals surface area contributed by atoms with Crippen LogP contribution < -0.4 is 10.9 Å². The molecule has 0 aliphatic rings. The van der Waals surface area contributed by atoms with Gasteiger partial charge >= 0.3 is 0 Å². The Morgan fingerprint density at radius 1 is 1.38 bits per heavy atom. The number of carbonyl (C=O) groups excluding carboxylic acids is 1. The van der Waals surface area contributed by atoms with Gasteiger partial charge in [-0.1, -0.05) is 23.7 Å². The minimum Gasteiger partial charge on any atom is -0.351 e. The maximum absolute atomic E-state index is 11.9. The van der Waals surface area contributed by atoms with Crippen LogP contribution in [0.15, 0.2) is 46.7 Å². The third-order valence-electron chi connectivity index (χ3n) is 3.22. The Morgan fingerprint density at radius 3 is 3.08 bits per heavy atom. The lowest BCUT2D eigenvalue weighted by Gasteiger charge is -2.06. The lowest BCUT2D eigenvalue weighted by atomic mass is 10.2. The van der Waals surface area contributed by atoms with E-state index in [0.717, 1.165) is 5.56 Å². The molecule has 0 radical (unpaired) electrons. The van der Waals surface area contributed by atoms with E-state index in [4.69, 9.17) is 11.6 Å². The number of carbonyl (C=O) groups is 1. The molecule has 0 aliphatic carbocycles. The summed E-state index contributed by atoms with van der Waals surface area (Å²) in [4.78, 5) is 28.8. The van der Waals surface area contributed by atoms with Gasteiger partial charge < -0.3 is 5.32 Å². The molecule has 1 N–H and O–H groups in total. The first kappa shape index (κ1) is 17.0. The van der Waals surface area contributed by atoms with E-state index in [0.29, 0.717) is 33.7 Å². The highest BCUT2D eigenvalue weighted by Crippen LogP contribution is 2.13. The molecular formula is C16H14ClN3O2S2. The predicted molar refractivity (Wildman–Crippen MR) is 98.8 cm³/mol. The van der Waals surface area contributed by atoms with Crippen molar-refractivity contribution >= 4 is 45.6 Å². The highest BCUT2D eigenvalue weighted by molar-refractivity contribution is 7.99. The number of halogens is 1. The van der Waals surface area contributed by atoms with Gasteiger partial charge in [0.1, 0.15) is 0 Å². The van der Waals surface area contributed by atoms with Crippen molar-refractivity contribution in [1.29, 1.82) is 0 Å². The number of benzene rings is 1. The largest absolute Gasteiger partial charge is 0.351 e. The van der Waals surface area contributed by atoms with E-state index >= 15 is 0 Å². The van der Waals surface area contributed by atoms with Gasteiger partial charge in [0.15, 0.2) is 4.96 Å². The Labute approximate surface area is 151 Å². The van der Waals surface area contributed by atoms with Crippen molar-refractivity contribution < 1.29 is 4.79 Å². The number of nitrogens with zero attached hydrogens (tertiary/aromatic N) is 2. The summed E-state index contributed by atoms with van der Waals surface area (Å²) in [6.45, 7) is 0.445. The number of hydrogen-bond donors (Lipinski definition) is 1. The first-order valence-electron chi connectivity index (χ1n) is 7.16. The van der Waals surface area contributed by atoms with Crippen molar-refractivity contribution in [2.24, 2.45) is 0 Å². The van der Waals surface area contributed by atoms with Crippen molar-refractivity contribution in [2.75, 3.05) is 5.75 Å². The van der Waals surface area contributed by atoms with Crippen molar-refractivity contribution in [3.05, 3.63) is 68.5 Å². The zero-order valence-electron chi connectivity index (χ0n) is 12.6. The van der Waals surface area contributed by atoms with E-state index in [1.54, 1.807) is 12.3 Å². The SMILES string of the molecule is O=C(CSCc1cc(=O)n2ccsc2n1)NCc1cccc(Cl)c1. The molecule has 24 heavy (non-hydrogen) atoms. The summed E-state index contributed by atoms with van der Waals surface area (Å²) in [5.41, 5.74) is 1.55. The third kappa shape index (κ3) is 4.37. The maximum Gasteiger partial charge on any atom is 0.258 e. The molecule has 2 aromatic heterocycles. The van der Waals surface area contributed by atoms with E-state index in [1.165, 1.54) is 33.6 Å². The highest BCUT2D eigenvalue weighted by Gasteiger charge is 2.06. The van der Waals surface area contributed by atoms with Gasteiger partial charge in [-0.05, 0) is 17.7 Å². The minimum atomic E-state index is -0.0951. The fourth-order valence-electron chi connectivity index (χ4n) is 2.11. The molecule has 0 spiro atoms. The molecule has 0 bridgehead atoms. The van der Waals surface area contributed by atoms with Crippen LogP contribution in [0.25, 0.3) is 4.96 Å². The van der Waals surface area contributed by atoms with E-state index in [-0.39, 0.29) is 11.5 Å². The molecule has 1 amide bonds. The van der Waals surface area contributed by atoms with Crippen LogP contribution in [-0.4, -0.2) is 21.0 Å². The molecule has 0 fully saturated rings. The number of fused-ring (bicyclic) bond motifs is 1. The lowest BCUT2D eigenvalue weighted by Crippen LogP contribution is -2.24. The fraction of sp³-hybridized carbons (Fsp3) is 0.188. The molecule has 0 unspecified atom stereocenters. The van der Waals surface area contributed by atoms with Crippen molar-refractivity contribution in [2.45, 2.75) is 12.3 Å². The molecule has 0 saturated heterocycles. The number of thioether (sulfide) groups is 1. The van der Waals surface area contributed by atoms with Crippen molar-refractivity contribution in [1.82, 2.24) is 14.7 Å². The summed E-state index contributed by atoms with van der Waals surface area (Å²) in [5, 5.41) is 5.32. The van der Waals surface area contributed by atoms with Crippen LogP contribution in [0.3, 0.4) is 0 Å². The van der Waals surface area contributed by atoms with Crippen LogP contribution in [0, 0.1) is 0 Å². The first-order valence-corrected chi connectivity index (χ1v) is 9.58. The molecule has 0 aliphatic heterocycles. The van der Waals surface area contributed by atoms with Crippen LogP contribution in [0.1, 0.15) is 11.3 Å². The zero-order chi connectivity index (χ0) is 16.9. The van der Waals surface area contributed by atoms with Gasteiger partial charge in [0.05, 0.1) is 11.4 Å². The van der Waals surface area contributed by atoms with Crippen LogP contribution in [-0.2, 0) is 17.1 Å². The molecule has 5 nitrogen and oxygen atoms in total. The summed E-state index contributed by atoms with van der Waals surface area (Å²) in [6, 6.07) is 8.89. The summed E-state index contributed by atoms with van der Waals surface area (Å²) < 4.78 is 1.51. The molecule has 2 heterocycles. The summed E-state index contributed by atoms with van der Waals surface area (Å²) in [6.07, 6.45) is 1.70. The van der Waals surface area contributed by atoms with Gasteiger partial charge in [-0.25, -0.2) is 4.98 Å². The molecule has 3 rings (SSSR count). The quantitative estimate of drug-likeness (QED) is 0.715. The molecule has 0 saturated carbocycles. The van der Waals surface area contributed by atoms with Gasteiger partial charge in [-0.15, -0.1) is 23.1 Å². The zero-order valence-corrected chi connectivity index (χ0v) is 15.0. The average molecular weight is 380 g/mol. The van der Waals surface area contributed by atoms with Crippen LogP contribution >= 0.6 is 34.7 Å². The van der Waals surface area contributed by atoms with Gasteiger partial charge in [0, 0.05) is 35.0 Å². The smallest absolute Gasteiger partial charge is 0.258 e. The molecule has 124 valence electrons. The lowest BCUT2D eigenvalue weighted by molar-refractivity contribution is -0.118. The third-order valence-corrected chi connectivity index (χ3v) is 5.18. The van der Waals surface area contributed by atoms with Gasteiger partial charge in [0.2, 0.25) is 5.91 Å². The summed E-state index contributed by atoms with van der Waals surface area (Å²) in [5.74, 6) is 0.772. The predicted octanol–water partition coefficient (Wildman–Crippen LogP) is 2.96. The number of rotatable bonds is 6. The van der Waals surface area contributed by atoms with Crippen LogP contribution in [0.2, 0.25) is 5.02 Å². The van der Waals surface area contributed by atoms with Crippen LogP contribution in [0.5, 0.6) is 0 Å². The van der Waals surface area contributed by atoms with Crippen LogP contribution in [0.4, 0.5) is 0 Å². The highest BCUT2D eigenvalue weighted by atomic mass is 35.5. The molecule has 8 heteroatoms. The normalized spacial score (nSPS) is 10.9. The van der Waals surface area contributed by atoms with Gasteiger partial charge in [-0.2, -0.15) is 0 Å². The standard InChI is InChI=1S/C16H14ClN3O2S2/c17-12-3-1-2-11(6-12)8-18-14(21)10-23-9-13-7-15(22)20-4-5-24-16(20)19-13/h1-7H,8-10H2,(H,18,21). The topological polar surface area (TPSA) is 63.5 Å². The molecular weight excluding hydrogens is 366 g/mol. The second kappa shape index (κ2) is 7.83. The Hall–Kier alpha value is -1.83. The van der Waals surface area contributed by atoms with Crippen molar-refractivity contribution in [3.63, 3.8) is 0 Å². The summed E-state index contributed by atoms with van der Waals surface area (Å²) >= 11 is 8.75. The van der Waals surface area contributed by atoms with Crippen molar-refractivity contribution in [3.8, 4) is 0 Å². The average Bonchev–Trinajstić information content (AvgIpc) is 3.02. The second-order valence-electron chi connectivity index (χ2n) is 5.04. The monoisotopic (exact) mass is 379 g/mol. The van der Waals surface area contributed by atoms with E-state index in [9.17, 15) is 9.59 Å². The minimum absolute atomic E-state index is 0.0612. The Morgan fingerprint density at radius 2 is 2.25 bits per heavy atom. The summed E-state index contributed by atoms with van der Waals surface area (Å²) in [7, 11) is 0. The Balaban J connectivity index is 1.48. The Kier molecular flexibility index (Phi) is 5.55. The number of nitrogens with one attached hydrogen (secondary N) is 1. The number of thiazole rings is 1. The fourth-order valence-corrected chi connectivity index (χ4v) is 3.81. The number of aromatic nitrogens is 2. The maximum atomic E-state index is 11.9. The van der Waals surface area contributed by atoms with E-state index < -0.39 is 0 Å². The number of hydrogen-bond acceptors (Lipinski definition) is 5. The van der Waals surface area contributed by atoms with E-state index in [2.05, 4.69) is 10.3 Å². The van der Waals surface area contributed by atoms with Gasteiger partial charge in [0.25, 0.3) is 5.56 Å². The first-order chi connectivity index (χ1) is 11.6. The molecule has 0 atom stereocenters. The molecule has 3 aromatic rings. The Bertz CT molecular complexity index is 923. The molecule has 1 aromatic carbocycles.